The Kier molecular flexibility index (Phi) is 5.54. The molecule has 0 bridgehead atoms. The molecule has 2 unspecified atom stereocenters. The summed E-state index contributed by atoms with van der Waals surface area (Å²) in [6.07, 6.45) is 6.66. The molecule has 0 radical (unpaired) electrons. The minimum absolute atomic E-state index is 0.488. The maximum atomic E-state index is 5.90. The molecule has 2 atom stereocenters. The molecule has 5 heteroatoms. The van der Waals surface area contributed by atoms with E-state index in [1.165, 1.54) is 56.9 Å². The van der Waals surface area contributed by atoms with E-state index >= 15 is 0 Å². The molecule has 3 heterocycles. The van der Waals surface area contributed by atoms with E-state index in [0.29, 0.717) is 11.9 Å². The second kappa shape index (κ2) is 7.40. The lowest BCUT2D eigenvalue weighted by Gasteiger charge is -2.33. The van der Waals surface area contributed by atoms with Crippen LogP contribution in [0.25, 0.3) is 0 Å². The minimum Gasteiger partial charge on any atom is -0.299 e. The van der Waals surface area contributed by atoms with Gasteiger partial charge in [-0.05, 0) is 38.8 Å². The summed E-state index contributed by atoms with van der Waals surface area (Å²) in [4.78, 5) is 10.1. The molecule has 2 saturated heterocycles. The Morgan fingerprint density at radius 1 is 1.33 bits per heavy atom. The van der Waals surface area contributed by atoms with Crippen molar-refractivity contribution in [3.8, 4) is 0 Å². The Morgan fingerprint density at radius 3 is 2.81 bits per heavy atom. The SMILES string of the molecule is CCC(c1nc(CCl)cs1)N1CCC(N2CCCCC2)C1. The Hall–Kier alpha value is -0.160. The molecule has 118 valence electrons. The molecule has 2 aliphatic rings. The number of halogens is 1. The molecule has 0 amide bonds. The maximum absolute atomic E-state index is 5.90. The first-order chi connectivity index (χ1) is 10.3. The average molecular weight is 328 g/mol. The van der Waals surface area contributed by atoms with Crippen molar-refractivity contribution < 1.29 is 0 Å². The Morgan fingerprint density at radius 2 is 2.14 bits per heavy atom. The van der Waals surface area contributed by atoms with E-state index in [2.05, 4.69) is 22.1 Å². The molecule has 0 N–H and O–H groups in total. The van der Waals surface area contributed by atoms with E-state index in [9.17, 15) is 0 Å². The molecule has 0 aromatic carbocycles. The van der Waals surface area contributed by atoms with Crippen molar-refractivity contribution in [2.45, 2.75) is 57.0 Å². The zero-order valence-electron chi connectivity index (χ0n) is 12.9. The van der Waals surface area contributed by atoms with Crippen molar-refractivity contribution in [2.24, 2.45) is 0 Å². The first-order valence-electron chi connectivity index (χ1n) is 8.30. The average Bonchev–Trinajstić information content (AvgIpc) is 3.19. The van der Waals surface area contributed by atoms with Gasteiger partial charge in [-0.3, -0.25) is 9.80 Å². The fourth-order valence-electron chi connectivity index (χ4n) is 3.76. The Balaban J connectivity index is 1.62. The van der Waals surface area contributed by atoms with E-state index < -0.39 is 0 Å². The highest BCUT2D eigenvalue weighted by molar-refractivity contribution is 7.09. The van der Waals surface area contributed by atoms with E-state index in [-0.39, 0.29) is 0 Å². The Labute approximate surface area is 137 Å². The van der Waals surface area contributed by atoms with Gasteiger partial charge in [0.1, 0.15) is 5.01 Å². The third kappa shape index (κ3) is 3.61. The highest BCUT2D eigenvalue weighted by Gasteiger charge is 2.33. The van der Waals surface area contributed by atoms with Gasteiger partial charge < -0.3 is 0 Å². The van der Waals surface area contributed by atoms with Crippen molar-refractivity contribution in [2.75, 3.05) is 26.2 Å². The molecule has 3 rings (SSSR count). The van der Waals surface area contributed by atoms with Crippen LogP contribution >= 0.6 is 22.9 Å². The van der Waals surface area contributed by atoms with Gasteiger partial charge in [0, 0.05) is 24.5 Å². The summed E-state index contributed by atoms with van der Waals surface area (Å²) in [5.41, 5.74) is 1.03. The Bertz CT molecular complexity index is 444. The van der Waals surface area contributed by atoms with Gasteiger partial charge in [0.2, 0.25) is 0 Å². The van der Waals surface area contributed by atoms with Crippen LogP contribution in [0.5, 0.6) is 0 Å². The van der Waals surface area contributed by atoms with Crippen LogP contribution < -0.4 is 0 Å². The molecule has 1 aromatic heterocycles. The molecule has 1 aromatic rings. The van der Waals surface area contributed by atoms with Crippen LogP contribution in [0.4, 0.5) is 0 Å². The van der Waals surface area contributed by atoms with Crippen LogP contribution in [0.3, 0.4) is 0 Å². The van der Waals surface area contributed by atoms with Crippen LogP contribution in [0.15, 0.2) is 5.38 Å². The summed E-state index contributed by atoms with van der Waals surface area (Å²) in [7, 11) is 0. The van der Waals surface area contributed by atoms with Crippen LogP contribution in [0.2, 0.25) is 0 Å². The quantitative estimate of drug-likeness (QED) is 0.765. The molecule has 2 aliphatic heterocycles. The number of alkyl halides is 1. The fourth-order valence-corrected chi connectivity index (χ4v) is 5.02. The molecular weight excluding hydrogens is 302 g/mol. The number of piperidine rings is 1. The van der Waals surface area contributed by atoms with Crippen molar-refractivity contribution in [3.63, 3.8) is 0 Å². The highest BCUT2D eigenvalue weighted by atomic mass is 35.5. The largest absolute Gasteiger partial charge is 0.299 e. The van der Waals surface area contributed by atoms with E-state index in [1.807, 2.05) is 0 Å². The first-order valence-corrected chi connectivity index (χ1v) is 9.71. The molecule has 3 nitrogen and oxygen atoms in total. The maximum Gasteiger partial charge on any atom is 0.110 e. The molecule has 2 fully saturated rings. The lowest BCUT2D eigenvalue weighted by molar-refractivity contribution is 0.150. The lowest BCUT2D eigenvalue weighted by atomic mass is 10.1. The highest BCUT2D eigenvalue weighted by Crippen LogP contribution is 2.32. The van der Waals surface area contributed by atoms with Crippen LogP contribution in [0, 0.1) is 0 Å². The summed E-state index contributed by atoms with van der Waals surface area (Å²) in [6.45, 7) is 7.33. The van der Waals surface area contributed by atoms with Gasteiger partial charge in [0.25, 0.3) is 0 Å². The van der Waals surface area contributed by atoms with Crippen molar-refractivity contribution >= 4 is 22.9 Å². The van der Waals surface area contributed by atoms with Gasteiger partial charge in [-0.25, -0.2) is 4.98 Å². The second-order valence-corrected chi connectivity index (χ2v) is 7.43. The number of hydrogen-bond acceptors (Lipinski definition) is 4. The number of likely N-dealkylation sites (tertiary alicyclic amines) is 2. The van der Waals surface area contributed by atoms with Crippen molar-refractivity contribution in [1.82, 2.24) is 14.8 Å². The third-order valence-corrected chi connectivity index (χ3v) is 6.19. The van der Waals surface area contributed by atoms with Gasteiger partial charge in [-0.1, -0.05) is 13.3 Å². The molecule has 0 aliphatic carbocycles. The number of aromatic nitrogens is 1. The van der Waals surface area contributed by atoms with Crippen LogP contribution in [-0.2, 0) is 5.88 Å². The standard InChI is InChI=1S/C16H26ClN3S/c1-2-15(16-18-13(10-17)12-21-16)20-9-6-14(11-20)19-7-4-3-5-8-19/h12,14-15H,2-11H2,1H3. The van der Waals surface area contributed by atoms with Crippen molar-refractivity contribution in [3.05, 3.63) is 16.1 Å². The zero-order valence-corrected chi connectivity index (χ0v) is 14.5. The predicted molar refractivity (Wildman–Crippen MR) is 90.1 cm³/mol. The van der Waals surface area contributed by atoms with E-state index in [4.69, 9.17) is 16.6 Å². The van der Waals surface area contributed by atoms with Crippen molar-refractivity contribution in [1.29, 1.82) is 0 Å². The number of nitrogens with zero attached hydrogens (tertiary/aromatic N) is 3. The smallest absolute Gasteiger partial charge is 0.110 e. The molecular formula is C16H26ClN3S. The third-order valence-electron chi connectivity index (χ3n) is 4.92. The summed E-state index contributed by atoms with van der Waals surface area (Å²) in [5, 5.41) is 3.37. The van der Waals surface area contributed by atoms with Crippen LogP contribution in [-0.4, -0.2) is 47.0 Å². The fraction of sp³-hybridized carbons (Fsp3) is 0.812. The summed E-state index contributed by atoms with van der Waals surface area (Å²) in [6, 6.07) is 1.26. The summed E-state index contributed by atoms with van der Waals surface area (Å²) in [5.74, 6) is 0.531. The summed E-state index contributed by atoms with van der Waals surface area (Å²) < 4.78 is 0. The minimum atomic E-state index is 0.488. The molecule has 21 heavy (non-hydrogen) atoms. The van der Waals surface area contributed by atoms with E-state index in [1.54, 1.807) is 11.3 Å². The summed E-state index contributed by atoms with van der Waals surface area (Å²) >= 11 is 7.68. The number of hydrogen-bond donors (Lipinski definition) is 0. The monoisotopic (exact) mass is 327 g/mol. The van der Waals surface area contributed by atoms with Gasteiger partial charge in [0.15, 0.2) is 0 Å². The predicted octanol–water partition coefficient (Wildman–Crippen LogP) is 3.89. The second-order valence-electron chi connectivity index (χ2n) is 6.27. The number of thiazole rings is 1. The normalized spacial score (nSPS) is 26.3. The van der Waals surface area contributed by atoms with Gasteiger partial charge in [-0.2, -0.15) is 0 Å². The lowest BCUT2D eigenvalue weighted by Crippen LogP contribution is -2.41. The van der Waals surface area contributed by atoms with Gasteiger partial charge in [0.05, 0.1) is 17.6 Å². The van der Waals surface area contributed by atoms with Gasteiger partial charge in [-0.15, -0.1) is 22.9 Å². The van der Waals surface area contributed by atoms with Crippen LogP contribution in [0.1, 0.15) is 55.8 Å². The van der Waals surface area contributed by atoms with E-state index in [0.717, 1.165) is 18.2 Å². The zero-order chi connectivity index (χ0) is 14.7. The molecule has 0 saturated carbocycles. The molecule has 0 spiro atoms. The number of rotatable bonds is 5. The first kappa shape index (κ1) is 15.7. The topological polar surface area (TPSA) is 19.4 Å². The van der Waals surface area contributed by atoms with Gasteiger partial charge >= 0.3 is 0 Å².